The van der Waals surface area contributed by atoms with E-state index in [4.69, 9.17) is 16.3 Å². The number of benzene rings is 1. The Kier molecular flexibility index (Phi) is 5.48. The van der Waals surface area contributed by atoms with Gasteiger partial charge in [0.2, 0.25) is 10.0 Å². The summed E-state index contributed by atoms with van der Waals surface area (Å²) in [6, 6.07) is 3.14. The van der Waals surface area contributed by atoms with E-state index in [-0.39, 0.29) is 4.90 Å². The number of methoxy groups -OCH3 is 1. The number of sulfonamides is 1. The van der Waals surface area contributed by atoms with Gasteiger partial charge in [-0.1, -0.05) is 18.0 Å². The van der Waals surface area contributed by atoms with Crippen LogP contribution in [-0.4, -0.2) is 29.1 Å². The fraction of sp³-hybridized carbons (Fsp3) is 0.571. The summed E-state index contributed by atoms with van der Waals surface area (Å²) in [7, 11) is -0.378. The molecule has 21 heavy (non-hydrogen) atoms. The minimum atomic E-state index is -3.62. The van der Waals surface area contributed by atoms with Crippen LogP contribution in [0.1, 0.15) is 24.8 Å². The maximum atomic E-state index is 12.5. The number of ether oxygens (including phenoxy) is 1. The van der Waals surface area contributed by atoms with Crippen LogP contribution < -0.4 is 14.8 Å². The first-order valence-corrected chi connectivity index (χ1v) is 8.84. The van der Waals surface area contributed by atoms with Crippen LogP contribution >= 0.6 is 11.6 Å². The molecule has 0 radical (unpaired) electrons. The van der Waals surface area contributed by atoms with E-state index in [1.807, 2.05) is 0 Å². The topological polar surface area (TPSA) is 67.4 Å². The zero-order valence-corrected chi connectivity index (χ0v) is 13.9. The molecule has 1 aromatic carbocycles. The second-order valence-electron chi connectivity index (χ2n) is 5.28. The normalized spacial score (nSPS) is 15.8. The highest BCUT2D eigenvalue weighted by Gasteiger charge is 2.25. The predicted octanol–water partition coefficient (Wildman–Crippen LogP) is 2.15. The third-order valence-electron chi connectivity index (χ3n) is 3.74. The smallest absolute Gasteiger partial charge is 0.244 e. The molecule has 0 atom stereocenters. The van der Waals surface area contributed by atoms with E-state index >= 15 is 0 Å². The minimum Gasteiger partial charge on any atom is -0.495 e. The van der Waals surface area contributed by atoms with Crippen LogP contribution in [0.4, 0.5) is 0 Å². The fourth-order valence-electron chi connectivity index (χ4n) is 2.38. The van der Waals surface area contributed by atoms with Gasteiger partial charge in [0.05, 0.1) is 7.11 Å². The van der Waals surface area contributed by atoms with E-state index in [9.17, 15) is 8.42 Å². The van der Waals surface area contributed by atoms with Crippen molar-refractivity contribution in [2.45, 2.75) is 30.7 Å². The summed E-state index contributed by atoms with van der Waals surface area (Å²) < 4.78 is 33.0. The van der Waals surface area contributed by atoms with Crippen molar-refractivity contribution < 1.29 is 13.2 Å². The molecule has 0 aromatic heterocycles. The molecule has 1 saturated carbocycles. The molecule has 0 heterocycles. The third-order valence-corrected chi connectivity index (χ3v) is 5.39. The highest BCUT2D eigenvalue weighted by molar-refractivity contribution is 7.89. The van der Waals surface area contributed by atoms with Crippen molar-refractivity contribution in [3.8, 4) is 5.75 Å². The first-order valence-electron chi connectivity index (χ1n) is 6.98. The van der Waals surface area contributed by atoms with E-state index in [0.717, 1.165) is 18.4 Å². The van der Waals surface area contributed by atoms with Crippen LogP contribution in [0, 0.1) is 5.92 Å². The fourth-order valence-corrected chi connectivity index (χ4v) is 4.03. The van der Waals surface area contributed by atoms with Gasteiger partial charge in [-0.15, -0.1) is 0 Å². The van der Waals surface area contributed by atoms with Crippen molar-refractivity contribution in [2.24, 2.45) is 5.92 Å². The first kappa shape index (κ1) is 16.5. The van der Waals surface area contributed by atoms with Gasteiger partial charge < -0.3 is 10.1 Å². The van der Waals surface area contributed by atoms with Gasteiger partial charge in [0, 0.05) is 23.7 Å². The van der Waals surface area contributed by atoms with Crippen molar-refractivity contribution >= 4 is 21.6 Å². The van der Waals surface area contributed by atoms with Crippen LogP contribution in [0.3, 0.4) is 0 Å². The Hall–Kier alpha value is -0.820. The van der Waals surface area contributed by atoms with Gasteiger partial charge in [0.15, 0.2) is 0 Å². The van der Waals surface area contributed by atoms with E-state index in [0.29, 0.717) is 29.8 Å². The van der Waals surface area contributed by atoms with Gasteiger partial charge in [-0.2, -0.15) is 0 Å². The number of nitrogens with one attached hydrogen (secondary N) is 2. The van der Waals surface area contributed by atoms with Crippen LogP contribution in [0.25, 0.3) is 0 Å². The molecule has 1 aromatic rings. The molecule has 0 amide bonds. The first-order chi connectivity index (χ1) is 9.97. The Labute approximate surface area is 131 Å². The van der Waals surface area contributed by atoms with Gasteiger partial charge in [0.25, 0.3) is 0 Å². The molecule has 1 aliphatic carbocycles. The van der Waals surface area contributed by atoms with Gasteiger partial charge in [-0.3, -0.25) is 0 Å². The average molecular weight is 333 g/mol. The molecule has 118 valence electrons. The van der Waals surface area contributed by atoms with Crippen molar-refractivity contribution in [3.05, 3.63) is 22.7 Å². The number of halogens is 1. The molecular weight excluding hydrogens is 312 g/mol. The van der Waals surface area contributed by atoms with Crippen molar-refractivity contribution in [1.29, 1.82) is 0 Å². The molecule has 0 aliphatic heterocycles. The lowest BCUT2D eigenvalue weighted by Crippen LogP contribution is -2.32. The molecule has 0 bridgehead atoms. The minimum absolute atomic E-state index is 0.0991. The number of hydrogen-bond acceptors (Lipinski definition) is 4. The molecule has 1 aliphatic rings. The lowest BCUT2D eigenvalue weighted by molar-refractivity contribution is 0.316. The van der Waals surface area contributed by atoms with Crippen molar-refractivity contribution in [1.82, 2.24) is 10.0 Å². The summed E-state index contributed by atoms with van der Waals surface area (Å²) in [5.41, 5.74) is 0.719. The molecule has 2 N–H and O–H groups in total. The number of hydrogen-bond donors (Lipinski definition) is 2. The summed E-state index contributed by atoms with van der Waals surface area (Å²) in [4.78, 5) is 0.0991. The van der Waals surface area contributed by atoms with E-state index < -0.39 is 10.0 Å². The summed E-state index contributed by atoms with van der Waals surface area (Å²) in [6.07, 6.45) is 3.35. The maximum absolute atomic E-state index is 12.5. The third kappa shape index (κ3) is 3.88. The lowest BCUT2D eigenvalue weighted by Gasteiger charge is -2.25. The Balaban J connectivity index is 2.31. The van der Waals surface area contributed by atoms with Gasteiger partial charge >= 0.3 is 0 Å². The summed E-state index contributed by atoms with van der Waals surface area (Å²) in [6.45, 7) is 0.953. The molecule has 7 heteroatoms. The quantitative estimate of drug-likeness (QED) is 0.803. The molecule has 5 nitrogen and oxygen atoms in total. The van der Waals surface area contributed by atoms with Crippen LogP contribution in [-0.2, 0) is 16.6 Å². The maximum Gasteiger partial charge on any atom is 0.244 e. The van der Waals surface area contributed by atoms with E-state index in [1.54, 1.807) is 13.1 Å². The van der Waals surface area contributed by atoms with Gasteiger partial charge in [-0.05, 0) is 37.9 Å². The Morgan fingerprint density at radius 3 is 2.62 bits per heavy atom. The standard InChI is InChI=1S/C14H21ClN2O3S/c1-16-9-11-6-12(15)7-13(14(11)20-2)21(18,19)17-8-10-4-3-5-10/h6-7,10,16-17H,3-5,8-9H2,1-2H3. The average Bonchev–Trinajstić information content (AvgIpc) is 2.36. The monoisotopic (exact) mass is 332 g/mol. The zero-order chi connectivity index (χ0) is 15.5. The molecule has 0 spiro atoms. The van der Waals surface area contributed by atoms with Crippen molar-refractivity contribution in [3.63, 3.8) is 0 Å². The van der Waals surface area contributed by atoms with E-state index in [1.165, 1.54) is 19.6 Å². The van der Waals surface area contributed by atoms with Crippen LogP contribution in [0.15, 0.2) is 17.0 Å². The summed E-state index contributed by atoms with van der Waals surface area (Å²) in [5, 5.41) is 3.36. The second kappa shape index (κ2) is 6.96. The highest BCUT2D eigenvalue weighted by atomic mass is 35.5. The van der Waals surface area contributed by atoms with Gasteiger partial charge in [-0.25, -0.2) is 13.1 Å². The Morgan fingerprint density at radius 2 is 2.10 bits per heavy atom. The second-order valence-corrected chi connectivity index (χ2v) is 7.45. The molecular formula is C14H21ClN2O3S. The molecule has 0 saturated heterocycles. The largest absolute Gasteiger partial charge is 0.495 e. The Morgan fingerprint density at radius 1 is 1.38 bits per heavy atom. The van der Waals surface area contributed by atoms with Gasteiger partial charge in [0.1, 0.15) is 10.6 Å². The van der Waals surface area contributed by atoms with Crippen LogP contribution in [0.2, 0.25) is 5.02 Å². The molecule has 2 rings (SSSR count). The SMILES string of the molecule is CNCc1cc(Cl)cc(S(=O)(=O)NCC2CCC2)c1OC. The zero-order valence-electron chi connectivity index (χ0n) is 12.3. The highest BCUT2D eigenvalue weighted by Crippen LogP contribution is 2.32. The van der Waals surface area contributed by atoms with Crippen molar-refractivity contribution in [2.75, 3.05) is 20.7 Å². The molecule has 0 unspecified atom stereocenters. The molecule has 1 fully saturated rings. The van der Waals surface area contributed by atoms with E-state index in [2.05, 4.69) is 10.0 Å². The van der Waals surface area contributed by atoms with Crippen LogP contribution in [0.5, 0.6) is 5.75 Å². The Bertz CT molecular complexity index is 600. The summed E-state index contributed by atoms with van der Waals surface area (Å²) in [5.74, 6) is 0.789. The number of rotatable bonds is 7. The predicted molar refractivity (Wildman–Crippen MR) is 83.3 cm³/mol. The summed E-state index contributed by atoms with van der Waals surface area (Å²) >= 11 is 6.05. The lowest BCUT2D eigenvalue weighted by atomic mass is 9.86.